The van der Waals surface area contributed by atoms with Gasteiger partial charge in [-0.05, 0) is 47.9 Å². The van der Waals surface area contributed by atoms with Crippen molar-refractivity contribution in [3.05, 3.63) is 83.7 Å². The molecule has 150 valence electrons. The second-order valence-corrected chi connectivity index (χ2v) is 7.43. The number of carbonyl (C=O) groups is 1. The molecule has 5 heteroatoms. The van der Waals surface area contributed by atoms with Gasteiger partial charge in [0, 0.05) is 11.5 Å². The maximum atomic E-state index is 12.0. The number of nitrogens with one attached hydrogen (secondary N) is 1. The van der Waals surface area contributed by atoms with Crippen molar-refractivity contribution in [1.29, 1.82) is 0 Å². The molecular formula is C25H22N2O3. The normalized spacial score (nSPS) is 16.1. The Balaban J connectivity index is 1.33. The quantitative estimate of drug-likeness (QED) is 0.568. The first-order valence-electron chi connectivity index (χ1n) is 10.2. The summed E-state index contributed by atoms with van der Waals surface area (Å²) in [4.78, 5) is 20.2. The SMILES string of the molecule is CCOC(=O)CC1=CC2C=C2c2[nH]c(-c3ccc(OCc4ccccc4)cc3)nc21. The molecule has 0 spiro atoms. The fraction of sp³-hybridized carbons (Fsp3) is 0.200. The Kier molecular flexibility index (Phi) is 4.71. The summed E-state index contributed by atoms with van der Waals surface area (Å²) in [5, 5.41) is 0. The lowest BCUT2D eigenvalue weighted by Crippen LogP contribution is -2.07. The smallest absolute Gasteiger partial charge is 0.310 e. The van der Waals surface area contributed by atoms with Gasteiger partial charge in [-0.2, -0.15) is 0 Å². The molecule has 30 heavy (non-hydrogen) atoms. The first-order chi connectivity index (χ1) is 14.7. The molecule has 0 saturated carbocycles. The molecular weight excluding hydrogens is 376 g/mol. The van der Waals surface area contributed by atoms with Crippen molar-refractivity contribution in [2.45, 2.75) is 20.0 Å². The highest BCUT2D eigenvalue weighted by molar-refractivity contribution is 5.96. The van der Waals surface area contributed by atoms with Gasteiger partial charge >= 0.3 is 5.97 Å². The van der Waals surface area contributed by atoms with Crippen LogP contribution in [0.25, 0.3) is 22.5 Å². The highest BCUT2D eigenvalue weighted by Crippen LogP contribution is 2.48. The van der Waals surface area contributed by atoms with Crippen LogP contribution < -0.4 is 4.74 Å². The molecule has 2 aliphatic carbocycles. The molecule has 1 atom stereocenters. The van der Waals surface area contributed by atoms with Gasteiger partial charge in [0.25, 0.3) is 0 Å². The van der Waals surface area contributed by atoms with Crippen LogP contribution >= 0.6 is 0 Å². The maximum Gasteiger partial charge on any atom is 0.310 e. The topological polar surface area (TPSA) is 64.2 Å². The van der Waals surface area contributed by atoms with Gasteiger partial charge in [0.15, 0.2) is 0 Å². The molecule has 0 fully saturated rings. The summed E-state index contributed by atoms with van der Waals surface area (Å²) in [5.74, 6) is 1.69. The molecule has 0 radical (unpaired) electrons. The molecule has 5 nitrogen and oxygen atoms in total. The summed E-state index contributed by atoms with van der Waals surface area (Å²) in [5.41, 5.74) is 6.15. The molecule has 0 aliphatic heterocycles. The van der Waals surface area contributed by atoms with Gasteiger partial charge in [0.1, 0.15) is 18.2 Å². The second kappa shape index (κ2) is 7.67. The van der Waals surface area contributed by atoms with Gasteiger partial charge in [0.05, 0.1) is 24.4 Å². The summed E-state index contributed by atoms with van der Waals surface area (Å²) in [6.45, 7) is 2.74. The Morgan fingerprint density at radius 3 is 2.63 bits per heavy atom. The van der Waals surface area contributed by atoms with Crippen LogP contribution in [0.1, 0.15) is 30.3 Å². The van der Waals surface area contributed by atoms with E-state index in [9.17, 15) is 4.79 Å². The summed E-state index contributed by atoms with van der Waals surface area (Å²) in [7, 11) is 0. The Morgan fingerprint density at radius 1 is 1.07 bits per heavy atom. The minimum absolute atomic E-state index is 0.219. The molecule has 1 N–H and O–H groups in total. The van der Waals surface area contributed by atoms with E-state index < -0.39 is 0 Å². The van der Waals surface area contributed by atoms with Crippen LogP contribution in [0.5, 0.6) is 5.75 Å². The zero-order valence-corrected chi connectivity index (χ0v) is 16.7. The maximum absolute atomic E-state index is 12.0. The van der Waals surface area contributed by atoms with Crippen LogP contribution in [0.2, 0.25) is 0 Å². The molecule has 0 bridgehead atoms. The van der Waals surface area contributed by atoms with Crippen molar-refractivity contribution < 1.29 is 14.3 Å². The zero-order valence-electron chi connectivity index (χ0n) is 16.7. The summed E-state index contributed by atoms with van der Waals surface area (Å²) in [6.07, 6.45) is 4.54. The second-order valence-electron chi connectivity index (χ2n) is 7.43. The number of hydrogen-bond acceptors (Lipinski definition) is 4. The van der Waals surface area contributed by atoms with E-state index in [4.69, 9.17) is 14.5 Å². The average Bonchev–Trinajstić information content (AvgIpc) is 3.40. The van der Waals surface area contributed by atoms with E-state index in [1.54, 1.807) is 0 Å². The number of hydrogen-bond donors (Lipinski definition) is 1. The first kappa shape index (κ1) is 18.4. The predicted octanol–water partition coefficient (Wildman–Crippen LogP) is 5.02. The molecule has 1 heterocycles. The predicted molar refractivity (Wildman–Crippen MR) is 115 cm³/mol. The Bertz CT molecular complexity index is 1140. The number of nitrogens with zero attached hydrogens (tertiary/aromatic N) is 1. The minimum atomic E-state index is -0.219. The number of carbonyl (C=O) groups excluding carboxylic acids is 1. The van der Waals surface area contributed by atoms with Gasteiger partial charge in [-0.15, -0.1) is 0 Å². The number of fused-ring (bicyclic) bond motifs is 3. The van der Waals surface area contributed by atoms with E-state index in [2.05, 4.69) is 17.1 Å². The minimum Gasteiger partial charge on any atom is -0.489 e. The molecule has 2 aliphatic rings. The summed E-state index contributed by atoms with van der Waals surface area (Å²) < 4.78 is 11.0. The van der Waals surface area contributed by atoms with Crippen molar-refractivity contribution in [1.82, 2.24) is 9.97 Å². The highest BCUT2D eigenvalue weighted by atomic mass is 16.5. The largest absolute Gasteiger partial charge is 0.489 e. The zero-order chi connectivity index (χ0) is 20.5. The van der Waals surface area contributed by atoms with Crippen LogP contribution in [0.3, 0.4) is 0 Å². The fourth-order valence-electron chi connectivity index (χ4n) is 3.74. The van der Waals surface area contributed by atoms with Crippen LogP contribution in [0.4, 0.5) is 0 Å². The number of aromatic nitrogens is 2. The number of imidazole rings is 1. The standard InChI is InChI=1S/C25H22N2O3/c1-2-29-22(28)14-19-12-18-13-21(18)24-23(19)26-25(27-24)17-8-10-20(11-9-17)30-15-16-6-4-3-5-7-16/h3-13,18H,2,14-15H2,1H3,(H,26,27). The molecule has 0 amide bonds. The molecule has 1 aromatic heterocycles. The van der Waals surface area contributed by atoms with E-state index in [0.717, 1.165) is 39.7 Å². The molecule has 0 saturated heterocycles. The lowest BCUT2D eigenvalue weighted by molar-refractivity contribution is -0.141. The van der Waals surface area contributed by atoms with E-state index in [-0.39, 0.29) is 12.4 Å². The molecule has 2 aromatic carbocycles. The Morgan fingerprint density at radius 2 is 1.87 bits per heavy atom. The van der Waals surface area contributed by atoms with Gasteiger partial charge in [-0.1, -0.05) is 42.5 Å². The first-order valence-corrected chi connectivity index (χ1v) is 10.2. The fourth-order valence-corrected chi connectivity index (χ4v) is 3.74. The van der Waals surface area contributed by atoms with Gasteiger partial charge in [0.2, 0.25) is 0 Å². The van der Waals surface area contributed by atoms with Crippen LogP contribution in [0.15, 0.2) is 66.7 Å². The van der Waals surface area contributed by atoms with Gasteiger partial charge in [-0.25, -0.2) is 4.98 Å². The van der Waals surface area contributed by atoms with Crippen LogP contribution in [-0.4, -0.2) is 22.5 Å². The van der Waals surface area contributed by atoms with Crippen LogP contribution in [0, 0.1) is 5.92 Å². The average molecular weight is 398 g/mol. The van der Waals surface area contributed by atoms with Crippen molar-refractivity contribution in [3.8, 4) is 17.1 Å². The van der Waals surface area contributed by atoms with Crippen molar-refractivity contribution in [2.24, 2.45) is 5.92 Å². The number of allylic oxidation sites excluding steroid dienone is 3. The van der Waals surface area contributed by atoms with Crippen LogP contribution in [-0.2, 0) is 16.1 Å². The van der Waals surface area contributed by atoms with E-state index in [1.807, 2.05) is 61.5 Å². The van der Waals surface area contributed by atoms with E-state index in [1.165, 1.54) is 5.57 Å². The Hall–Kier alpha value is -3.60. The number of rotatable bonds is 7. The monoisotopic (exact) mass is 398 g/mol. The van der Waals surface area contributed by atoms with Crippen molar-refractivity contribution in [2.75, 3.05) is 6.61 Å². The third-order valence-electron chi connectivity index (χ3n) is 5.30. The molecule has 3 aromatic rings. The van der Waals surface area contributed by atoms with E-state index >= 15 is 0 Å². The van der Waals surface area contributed by atoms with Crippen molar-refractivity contribution in [3.63, 3.8) is 0 Å². The Labute approximate surface area is 175 Å². The third kappa shape index (κ3) is 3.66. The number of benzene rings is 2. The van der Waals surface area contributed by atoms with Crippen molar-refractivity contribution >= 4 is 17.1 Å². The summed E-state index contributed by atoms with van der Waals surface area (Å²) in [6, 6.07) is 18.0. The molecule has 5 rings (SSSR count). The van der Waals surface area contributed by atoms with Gasteiger partial charge < -0.3 is 14.5 Å². The number of aromatic amines is 1. The number of ether oxygens (including phenoxy) is 2. The highest BCUT2D eigenvalue weighted by Gasteiger charge is 2.35. The molecule has 1 unspecified atom stereocenters. The summed E-state index contributed by atoms with van der Waals surface area (Å²) >= 11 is 0. The number of esters is 1. The number of H-pyrrole nitrogens is 1. The lowest BCUT2D eigenvalue weighted by atomic mass is 9.97. The van der Waals surface area contributed by atoms with Gasteiger partial charge in [-0.3, -0.25) is 4.79 Å². The lowest BCUT2D eigenvalue weighted by Gasteiger charge is -2.11. The third-order valence-corrected chi connectivity index (χ3v) is 5.30. The van der Waals surface area contributed by atoms with E-state index in [0.29, 0.717) is 19.1 Å².